The molecule has 0 aliphatic rings. The van der Waals surface area contributed by atoms with Crippen molar-refractivity contribution in [1.82, 2.24) is 0 Å². The van der Waals surface area contributed by atoms with Gasteiger partial charge < -0.3 is 20.5 Å². The lowest BCUT2D eigenvalue weighted by Gasteiger charge is -2.17. The van der Waals surface area contributed by atoms with E-state index in [0.717, 1.165) is 11.1 Å². The summed E-state index contributed by atoms with van der Waals surface area (Å²) in [5, 5.41) is 2.82. The van der Waals surface area contributed by atoms with E-state index in [-0.39, 0.29) is 18.4 Å². The number of rotatable bonds is 7. The molecule has 0 saturated heterocycles. The van der Waals surface area contributed by atoms with Gasteiger partial charge >= 0.3 is 5.97 Å². The maximum Gasteiger partial charge on any atom is 0.331 e. The Morgan fingerprint density at radius 2 is 1.77 bits per heavy atom. The fraction of sp³-hybridized carbons (Fsp3) is 0.333. The lowest BCUT2D eigenvalue weighted by atomic mass is 10.1. The molecule has 0 saturated carbocycles. The Kier molecular flexibility index (Phi) is 7.64. The highest BCUT2D eigenvalue weighted by molar-refractivity contribution is 5.95. The van der Waals surface area contributed by atoms with E-state index in [2.05, 4.69) is 5.32 Å². The number of hydrogen-bond acceptors (Lipinski definition) is 5. The third-order valence-corrected chi connectivity index (χ3v) is 3.83. The predicted molar refractivity (Wildman–Crippen MR) is 120 cm³/mol. The van der Waals surface area contributed by atoms with Crippen LogP contribution in [0.15, 0.2) is 48.5 Å². The van der Waals surface area contributed by atoms with Gasteiger partial charge in [-0.25, -0.2) is 4.79 Å². The summed E-state index contributed by atoms with van der Waals surface area (Å²) in [4.78, 5) is 24.1. The maximum absolute atomic E-state index is 12.4. The van der Waals surface area contributed by atoms with E-state index in [1.54, 1.807) is 24.3 Å². The van der Waals surface area contributed by atoms with E-state index in [4.69, 9.17) is 15.2 Å². The van der Waals surface area contributed by atoms with Gasteiger partial charge in [0, 0.05) is 12.1 Å². The number of carbonyl (C=O) groups is 2. The highest BCUT2D eigenvalue weighted by Crippen LogP contribution is 2.25. The summed E-state index contributed by atoms with van der Waals surface area (Å²) in [5.74, 6) is 0.0974. The summed E-state index contributed by atoms with van der Waals surface area (Å²) in [7, 11) is 0. The van der Waals surface area contributed by atoms with Gasteiger partial charge in [-0.2, -0.15) is 0 Å². The van der Waals surface area contributed by atoms with Crippen LogP contribution in [0.4, 0.5) is 11.4 Å². The number of nitrogens with two attached hydrogens (primary N) is 1. The van der Waals surface area contributed by atoms with Crippen molar-refractivity contribution >= 4 is 29.3 Å². The van der Waals surface area contributed by atoms with Gasteiger partial charge in [0.05, 0.1) is 23.9 Å². The molecule has 0 atom stereocenters. The highest BCUT2D eigenvalue weighted by Gasteiger charge is 2.14. The highest BCUT2D eigenvalue weighted by atomic mass is 16.6. The minimum absolute atomic E-state index is 0.0480. The molecule has 3 N–H and O–H groups in total. The standard InChI is InChI=1S/C24H30N2O4/c1-16(2)29-19-11-12-21(20(25)15-19)26-22(27)14-18-8-6-17(7-9-18)10-13-23(28)30-24(3,4)5/h6-13,15-16H,14,25H2,1-5H3,(H,26,27). The Balaban J connectivity index is 1.92. The summed E-state index contributed by atoms with van der Waals surface area (Å²) < 4.78 is 10.8. The molecule has 2 aromatic carbocycles. The summed E-state index contributed by atoms with van der Waals surface area (Å²) >= 11 is 0. The molecule has 1 amide bonds. The van der Waals surface area contributed by atoms with E-state index >= 15 is 0 Å². The van der Waals surface area contributed by atoms with Crippen LogP contribution in [0.1, 0.15) is 45.7 Å². The maximum atomic E-state index is 12.4. The summed E-state index contributed by atoms with van der Waals surface area (Å²) in [5.41, 5.74) is 8.18. The molecule has 2 aromatic rings. The summed E-state index contributed by atoms with van der Waals surface area (Å²) in [6.07, 6.45) is 3.33. The first-order chi connectivity index (χ1) is 14.0. The van der Waals surface area contributed by atoms with Crippen LogP contribution in [0, 0.1) is 0 Å². The van der Waals surface area contributed by atoms with E-state index in [0.29, 0.717) is 17.1 Å². The molecular weight excluding hydrogens is 380 g/mol. The van der Waals surface area contributed by atoms with Gasteiger partial charge in [-0.3, -0.25) is 4.79 Å². The van der Waals surface area contributed by atoms with E-state index < -0.39 is 11.6 Å². The molecule has 0 unspecified atom stereocenters. The molecule has 6 nitrogen and oxygen atoms in total. The van der Waals surface area contributed by atoms with Crippen molar-refractivity contribution in [1.29, 1.82) is 0 Å². The molecule has 6 heteroatoms. The smallest absolute Gasteiger partial charge is 0.331 e. The van der Waals surface area contributed by atoms with Crippen LogP contribution in [-0.2, 0) is 20.7 Å². The Labute approximate surface area is 178 Å². The number of esters is 1. The molecule has 30 heavy (non-hydrogen) atoms. The molecule has 0 aliphatic carbocycles. The average molecular weight is 411 g/mol. The molecule has 0 spiro atoms. The summed E-state index contributed by atoms with van der Waals surface area (Å²) in [6, 6.07) is 12.6. The lowest BCUT2D eigenvalue weighted by molar-refractivity contribution is -0.148. The number of benzene rings is 2. The van der Waals surface area contributed by atoms with Crippen molar-refractivity contribution in [3.8, 4) is 5.75 Å². The van der Waals surface area contributed by atoms with E-state index in [1.165, 1.54) is 6.08 Å². The normalized spacial score (nSPS) is 11.5. The zero-order valence-corrected chi connectivity index (χ0v) is 18.2. The Hall–Kier alpha value is -3.28. The van der Waals surface area contributed by atoms with Crippen LogP contribution < -0.4 is 15.8 Å². The largest absolute Gasteiger partial charge is 0.491 e. The zero-order chi connectivity index (χ0) is 22.3. The molecule has 0 aromatic heterocycles. The van der Waals surface area contributed by atoms with Gasteiger partial charge in [0.1, 0.15) is 11.4 Å². The number of hydrogen-bond donors (Lipinski definition) is 2. The zero-order valence-electron chi connectivity index (χ0n) is 18.2. The number of anilines is 2. The number of nitrogens with one attached hydrogen (secondary N) is 1. The van der Waals surface area contributed by atoms with Crippen molar-refractivity contribution in [3.63, 3.8) is 0 Å². The van der Waals surface area contributed by atoms with Crippen LogP contribution in [0.25, 0.3) is 6.08 Å². The lowest BCUT2D eigenvalue weighted by Crippen LogP contribution is -2.22. The van der Waals surface area contributed by atoms with Crippen LogP contribution >= 0.6 is 0 Å². The molecule has 160 valence electrons. The second kappa shape index (κ2) is 9.96. The second-order valence-electron chi connectivity index (χ2n) is 8.25. The van der Waals surface area contributed by atoms with E-state index in [9.17, 15) is 9.59 Å². The molecule has 0 heterocycles. The van der Waals surface area contributed by atoms with Crippen LogP contribution in [-0.4, -0.2) is 23.6 Å². The molecule has 0 bridgehead atoms. The van der Waals surface area contributed by atoms with Gasteiger partial charge in [-0.1, -0.05) is 24.3 Å². The van der Waals surface area contributed by atoms with Crippen LogP contribution in [0.3, 0.4) is 0 Å². The molecular formula is C24H30N2O4. The third kappa shape index (κ3) is 7.99. The SMILES string of the molecule is CC(C)Oc1ccc(NC(=O)Cc2ccc(C=CC(=O)OC(C)(C)C)cc2)c(N)c1. The van der Waals surface area contributed by atoms with Gasteiger partial charge in [-0.15, -0.1) is 0 Å². The van der Waals surface area contributed by atoms with Crippen molar-refractivity contribution in [3.05, 3.63) is 59.7 Å². The van der Waals surface area contributed by atoms with Crippen molar-refractivity contribution < 1.29 is 19.1 Å². The Bertz CT molecular complexity index is 910. The first kappa shape index (κ1) is 23.0. The first-order valence-electron chi connectivity index (χ1n) is 9.88. The van der Waals surface area contributed by atoms with Gasteiger partial charge in [0.15, 0.2) is 0 Å². The van der Waals surface area contributed by atoms with Crippen molar-refractivity contribution in [2.45, 2.75) is 52.7 Å². The number of ether oxygens (including phenoxy) is 2. The third-order valence-electron chi connectivity index (χ3n) is 3.83. The fourth-order valence-corrected chi connectivity index (χ4v) is 2.63. The van der Waals surface area contributed by atoms with Crippen LogP contribution in [0.2, 0.25) is 0 Å². The number of nitrogen functional groups attached to an aromatic ring is 1. The average Bonchev–Trinajstić information content (AvgIpc) is 2.61. The van der Waals surface area contributed by atoms with E-state index in [1.807, 2.05) is 58.9 Å². The summed E-state index contributed by atoms with van der Waals surface area (Å²) in [6.45, 7) is 9.33. The van der Waals surface area contributed by atoms with Crippen LogP contribution in [0.5, 0.6) is 5.75 Å². The second-order valence-corrected chi connectivity index (χ2v) is 8.25. The predicted octanol–water partition coefficient (Wildman–Crippen LogP) is 4.59. The first-order valence-corrected chi connectivity index (χ1v) is 9.88. The van der Waals surface area contributed by atoms with Crippen molar-refractivity contribution in [2.24, 2.45) is 0 Å². The van der Waals surface area contributed by atoms with Gasteiger partial charge in [0.2, 0.25) is 5.91 Å². The molecule has 0 aliphatic heterocycles. The molecule has 0 fully saturated rings. The monoisotopic (exact) mass is 410 g/mol. The Morgan fingerprint density at radius 1 is 1.10 bits per heavy atom. The minimum Gasteiger partial charge on any atom is -0.491 e. The number of amides is 1. The fourth-order valence-electron chi connectivity index (χ4n) is 2.63. The quantitative estimate of drug-likeness (QED) is 0.396. The number of carbonyl (C=O) groups excluding carboxylic acids is 2. The molecule has 2 rings (SSSR count). The van der Waals surface area contributed by atoms with Crippen molar-refractivity contribution in [2.75, 3.05) is 11.1 Å². The Morgan fingerprint density at radius 3 is 2.33 bits per heavy atom. The van der Waals surface area contributed by atoms with Gasteiger partial charge in [0.25, 0.3) is 0 Å². The minimum atomic E-state index is -0.524. The molecule has 0 radical (unpaired) electrons. The van der Waals surface area contributed by atoms with Gasteiger partial charge in [-0.05, 0) is 64.0 Å². The topological polar surface area (TPSA) is 90.6 Å².